The maximum Gasteiger partial charge on any atom is 0.134 e. The van der Waals surface area contributed by atoms with Crippen LogP contribution in [0, 0.1) is 0 Å². The lowest BCUT2D eigenvalue weighted by Crippen LogP contribution is -1.97. The Balaban J connectivity index is 1.44. The minimum absolute atomic E-state index is 0.844. The van der Waals surface area contributed by atoms with Crippen LogP contribution in [-0.4, -0.2) is 9.61 Å². The molecule has 0 bridgehead atoms. The van der Waals surface area contributed by atoms with Crippen LogP contribution in [0.1, 0.15) is 16.8 Å². The van der Waals surface area contributed by atoms with Gasteiger partial charge in [-0.15, -0.1) is 0 Å². The summed E-state index contributed by atoms with van der Waals surface area (Å²) in [4.78, 5) is 0. The van der Waals surface area contributed by atoms with Gasteiger partial charge in [-0.1, -0.05) is 115 Å². The molecule has 5 aromatic carbocycles. The summed E-state index contributed by atoms with van der Waals surface area (Å²) < 4.78 is 8.22. The number of hydrogen-bond acceptors (Lipinski definition) is 2. The van der Waals surface area contributed by atoms with Crippen molar-refractivity contribution in [2.45, 2.75) is 6.42 Å². The minimum Gasteiger partial charge on any atom is -0.464 e. The van der Waals surface area contributed by atoms with Gasteiger partial charge in [-0.25, -0.2) is 4.52 Å². The lowest BCUT2D eigenvalue weighted by Gasteiger charge is -2.15. The highest BCUT2D eigenvalue weighted by Gasteiger charge is 2.26. The molecule has 1 aliphatic carbocycles. The third kappa shape index (κ3) is 4.24. The first-order valence-electron chi connectivity index (χ1n) is 15.3. The Morgan fingerprint density at radius 3 is 2.00 bits per heavy atom. The van der Waals surface area contributed by atoms with E-state index in [1.165, 1.54) is 16.7 Å². The summed E-state index contributed by atoms with van der Waals surface area (Å²) in [5.74, 6) is 0.844. The van der Waals surface area contributed by atoms with Crippen molar-refractivity contribution in [1.82, 2.24) is 9.61 Å². The maximum atomic E-state index is 6.04. The number of fused-ring (bicyclic) bond motifs is 4. The Bertz CT molecular complexity index is 2370. The first-order valence-corrected chi connectivity index (χ1v) is 15.3. The molecule has 3 heteroatoms. The van der Waals surface area contributed by atoms with Crippen molar-refractivity contribution in [2.24, 2.45) is 0 Å². The van der Waals surface area contributed by atoms with Gasteiger partial charge in [0.25, 0.3) is 0 Å². The van der Waals surface area contributed by atoms with Gasteiger partial charge >= 0.3 is 0 Å². The number of benzene rings is 5. The number of rotatable bonds is 5. The zero-order valence-corrected chi connectivity index (χ0v) is 24.5. The third-order valence-electron chi connectivity index (χ3n) is 8.92. The van der Waals surface area contributed by atoms with Gasteiger partial charge in [-0.3, -0.25) is 0 Å². The number of aromatic nitrogens is 2. The van der Waals surface area contributed by atoms with Gasteiger partial charge in [-0.2, -0.15) is 5.10 Å². The molecule has 0 saturated heterocycles. The standard InChI is InChI=1S/C42H28N2O/c1-4-13-28(14-5-1)35-25-33-26-38(29-15-6-2-7-16-29)44-42(36(33)27-37(35)39-21-12-22-45-39)40(30-17-8-3-9-18-30)41(43-44)34-23-31-19-10-11-20-32(31)24-34/h1-23,25-27H,24H2. The number of pyridine rings is 1. The van der Waals surface area contributed by atoms with Crippen LogP contribution in [0.5, 0.6) is 0 Å². The zero-order chi connectivity index (χ0) is 29.7. The van der Waals surface area contributed by atoms with E-state index in [2.05, 4.69) is 144 Å². The molecule has 212 valence electrons. The second-order valence-electron chi connectivity index (χ2n) is 11.6. The van der Waals surface area contributed by atoms with Gasteiger partial charge in [0.05, 0.1) is 23.2 Å². The fraction of sp³-hybridized carbons (Fsp3) is 0.0238. The van der Waals surface area contributed by atoms with Crippen molar-refractivity contribution in [1.29, 1.82) is 0 Å². The Hall–Kier alpha value is -5.93. The number of nitrogens with zero attached hydrogens (tertiary/aromatic N) is 2. The van der Waals surface area contributed by atoms with Crippen molar-refractivity contribution >= 4 is 27.9 Å². The molecular formula is C42H28N2O. The van der Waals surface area contributed by atoms with Crippen LogP contribution in [0.3, 0.4) is 0 Å². The Morgan fingerprint density at radius 2 is 1.29 bits per heavy atom. The highest BCUT2D eigenvalue weighted by atomic mass is 16.3. The van der Waals surface area contributed by atoms with E-state index in [0.29, 0.717) is 0 Å². The van der Waals surface area contributed by atoms with Crippen molar-refractivity contribution in [2.75, 3.05) is 0 Å². The number of hydrogen-bond donors (Lipinski definition) is 0. The summed E-state index contributed by atoms with van der Waals surface area (Å²) in [6, 6.07) is 51.5. The average Bonchev–Trinajstić information content (AvgIpc) is 3.88. The predicted octanol–water partition coefficient (Wildman–Crippen LogP) is 10.8. The van der Waals surface area contributed by atoms with E-state index < -0.39 is 0 Å². The summed E-state index contributed by atoms with van der Waals surface area (Å²) in [7, 11) is 0. The maximum absolute atomic E-state index is 6.04. The topological polar surface area (TPSA) is 30.4 Å². The quantitative estimate of drug-likeness (QED) is 0.204. The first kappa shape index (κ1) is 25.6. The van der Waals surface area contributed by atoms with E-state index in [1.54, 1.807) is 6.26 Å². The summed E-state index contributed by atoms with van der Waals surface area (Å²) in [6.07, 6.45) is 4.92. The van der Waals surface area contributed by atoms with Gasteiger partial charge in [0.15, 0.2) is 0 Å². The minimum atomic E-state index is 0.844. The van der Waals surface area contributed by atoms with E-state index in [9.17, 15) is 0 Å². The fourth-order valence-corrected chi connectivity index (χ4v) is 6.83. The molecule has 0 aliphatic heterocycles. The van der Waals surface area contributed by atoms with Crippen molar-refractivity contribution < 1.29 is 4.42 Å². The fourth-order valence-electron chi connectivity index (χ4n) is 6.83. The van der Waals surface area contributed by atoms with Gasteiger partial charge in [-0.05, 0) is 75.2 Å². The molecule has 0 amide bonds. The molecule has 0 saturated carbocycles. The largest absolute Gasteiger partial charge is 0.464 e. The highest BCUT2D eigenvalue weighted by Crippen LogP contribution is 2.44. The van der Waals surface area contributed by atoms with E-state index >= 15 is 0 Å². The SMILES string of the molecule is C1=C(c2nn3c(-c4ccccc4)cc4cc(-c5ccccc5)c(-c5ccco5)cc4c3c2-c2ccccc2)Cc2ccccc21. The van der Waals surface area contributed by atoms with Crippen LogP contribution in [0.4, 0.5) is 0 Å². The molecule has 0 atom stereocenters. The second kappa shape index (κ2) is 10.4. The van der Waals surface area contributed by atoms with Gasteiger partial charge < -0.3 is 4.42 Å². The van der Waals surface area contributed by atoms with Crippen LogP contribution in [0.25, 0.3) is 72.8 Å². The molecule has 3 aromatic heterocycles. The highest BCUT2D eigenvalue weighted by molar-refractivity contribution is 6.11. The van der Waals surface area contributed by atoms with E-state index in [1.807, 2.05) is 12.1 Å². The average molecular weight is 577 g/mol. The van der Waals surface area contributed by atoms with E-state index in [0.717, 1.165) is 73.2 Å². The lowest BCUT2D eigenvalue weighted by molar-refractivity contribution is 0.582. The molecule has 8 aromatic rings. The number of furan rings is 1. The summed E-state index contributed by atoms with van der Waals surface area (Å²) in [5.41, 5.74) is 13.8. The van der Waals surface area contributed by atoms with Crippen LogP contribution < -0.4 is 0 Å². The van der Waals surface area contributed by atoms with Crippen molar-refractivity contribution in [3.63, 3.8) is 0 Å². The van der Waals surface area contributed by atoms with Gasteiger partial charge in [0.1, 0.15) is 5.76 Å². The molecule has 0 N–H and O–H groups in total. The van der Waals surface area contributed by atoms with Crippen LogP contribution in [0.2, 0.25) is 0 Å². The van der Waals surface area contributed by atoms with E-state index in [-0.39, 0.29) is 0 Å². The smallest absolute Gasteiger partial charge is 0.134 e. The van der Waals surface area contributed by atoms with Crippen LogP contribution >= 0.6 is 0 Å². The monoisotopic (exact) mass is 576 g/mol. The Labute approximate surface area is 261 Å². The second-order valence-corrected chi connectivity index (χ2v) is 11.6. The molecule has 1 aliphatic rings. The van der Waals surface area contributed by atoms with Crippen LogP contribution in [-0.2, 0) is 6.42 Å². The lowest BCUT2D eigenvalue weighted by atomic mass is 9.91. The van der Waals surface area contributed by atoms with Crippen LogP contribution in [0.15, 0.2) is 156 Å². The zero-order valence-electron chi connectivity index (χ0n) is 24.5. The normalized spacial score (nSPS) is 12.5. The molecular weight excluding hydrogens is 548 g/mol. The summed E-state index contributed by atoms with van der Waals surface area (Å²) in [5, 5.41) is 7.77. The molecule has 0 unspecified atom stereocenters. The van der Waals surface area contributed by atoms with Gasteiger partial charge in [0, 0.05) is 28.5 Å². The molecule has 3 heterocycles. The summed E-state index contributed by atoms with van der Waals surface area (Å²) in [6.45, 7) is 0. The van der Waals surface area contributed by atoms with Crippen molar-refractivity contribution in [3.8, 4) is 44.8 Å². The first-order chi connectivity index (χ1) is 22.3. The number of allylic oxidation sites excluding steroid dienone is 1. The molecule has 3 nitrogen and oxygen atoms in total. The Morgan fingerprint density at radius 1 is 0.600 bits per heavy atom. The molecule has 0 spiro atoms. The Kier molecular flexibility index (Phi) is 5.88. The molecule has 0 radical (unpaired) electrons. The van der Waals surface area contributed by atoms with E-state index in [4.69, 9.17) is 9.52 Å². The third-order valence-corrected chi connectivity index (χ3v) is 8.92. The summed E-state index contributed by atoms with van der Waals surface area (Å²) >= 11 is 0. The van der Waals surface area contributed by atoms with Crippen molar-refractivity contribution in [3.05, 3.63) is 169 Å². The predicted molar refractivity (Wildman–Crippen MR) is 185 cm³/mol. The molecule has 0 fully saturated rings. The molecule has 9 rings (SSSR count). The van der Waals surface area contributed by atoms with Gasteiger partial charge in [0.2, 0.25) is 0 Å². The molecule has 45 heavy (non-hydrogen) atoms.